The lowest BCUT2D eigenvalue weighted by Crippen LogP contribution is -2.29. The Morgan fingerprint density at radius 1 is 1.12 bits per heavy atom. The van der Waals surface area contributed by atoms with E-state index in [9.17, 15) is 0 Å². The van der Waals surface area contributed by atoms with Gasteiger partial charge >= 0.3 is 0 Å². The molecule has 0 bridgehead atoms. The van der Waals surface area contributed by atoms with E-state index in [0.29, 0.717) is 0 Å². The summed E-state index contributed by atoms with van der Waals surface area (Å²) in [6, 6.07) is 2.82. The maximum absolute atomic E-state index is 2.58. The van der Waals surface area contributed by atoms with Gasteiger partial charge in [-0.3, -0.25) is 0 Å². The Morgan fingerprint density at radius 2 is 1.81 bits per heavy atom. The lowest BCUT2D eigenvalue weighted by Gasteiger charge is -2.24. The molecule has 2 heteroatoms. The molecule has 0 atom stereocenters. The Labute approximate surface area is 104 Å². The molecule has 0 heterocycles. The zero-order valence-electron chi connectivity index (χ0n) is 12.1. The van der Waals surface area contributed by atoms with Crippen LogP contribution in [0.15, 0.2) is 12.2 Å². The molecule has 0 N–H and O–H groups in total. The Bertz CT molecular complexity index is 187. The van der Waals surface area contributed by atoms with Crippen molar-refractivity contribution in [2.45, 2.75) is 58.8 Å². The molecule has 0 aliphatic heterocycles. The van der Waals surface area contributed by atoms with Gasteiger partial charge in [0.1, 0.15) is 0 Å². The molecular formula is C14H31NSi. The molecule has 0 aliphatic carbocycles. The molecule has 0 unspecified atom stereocenters. The summed E-state index contributed by atoms with van der Waals surface area (Å²) in [6.45, 7) is 15.5. The average molecular weight is 241 g/mol. The van der Waals surface area contributed by atoms with Crippen LogP contribution in [0.5, 0.6) is 0 Å². The van der Waals surface area contributed by atoms with Crippen molar-refractivity contribution in [3.63, 3.8) is 0 Å². The molecular weight excluding hydrogens is 210 g/mol. The lowest BCUT2D eigenvalue weighted by molar-refractivity contribution is 0.289. The second-order valence-corrected chi connectivity index (χ2v) is 10.7. The van der Waals surface area contributed by atoms with Gasteiger partial charge in [-0.05, 0) is 45.4 Å². The lowest BCUT2D eigenvalue weighted by atomic mass is 10.3. The minimum Gasteiger partial charge on any atom is -0.304 e. The van der Waals surface area contributed by atoms with Gasteiger partial charge in [-0.25, -0.2) is 0 Å². The van der Waals surface area contributed by atoms with Gasteiger partial charge in [0.05, 0.1) is 8.07 Å². The van der Waals surface area contributed by atoms with Crippen molar-refractivity contribution >= 4 is 8.07 Å². The Balaban J connectivity index is 3.77. The minimum absolute atomic E-state index is 0.940. The molecule has 0 spiro atoms. The summed E-state index contributed by atoms with van der Waals surface area (Å²) in [4.78, 5) is 2.58. The fourth-order valence-corrected chi connectivity index (χ4v) is 4.26. The first kappa shape index (κ1) is 15.9. The largest absolute Gasteiger partial charge is 0.304 e. The van der Waals surface area contributed by atoms with E-state index >= 15 is 0 Å². The highest BCUT2D eigenvalue weighted by Crippen LogP contribution is 2.18. The number of hydrogen-bond donors (Lipinski definition) is 0. The predicted molar refractivity (Wildman–Crippen MR) is 78.9 cm³/mol. The summed E-state index contributed by atoms with van der Waals surface area (Å²) in [5.74, 6) is 0. The van der Waals surface area contributed by atoms with Crippen molar-refractivity contribution in [3.8, 4) is 0 Å². The standard InChI is InChI=1S/C14H31NSi/c1-6-9-13-16(4,5)14-10-12-15(8-3)11-7-2/h6,9H,7-8,10-14H2,1-5H3/b9-6+. The van der Waals surface area contributed by atoms with Gasteiger partial charge in [-0.15, -0.1) is 0 Å². The summed E-state index contributed by atoms with van der Waals surface area (Å²) < 4.78 is 0. The molecule has 0 aromatic heterocycles. The monoisotopic (exact) mass is 241 g/mol. The zero-order valence-corrected chi connectivity index (χ0v) is 13.1. The van der Waals surface area contributed by atoms with E-state index in [0.717, 1.165) is 0 Å². The van der Waals surface area contributed by atoms with Gasteiger partial charge in [0.2, 0.25) is 0 Å². The number of hydrogen-bond acceptors (Lipinski definition) is 1. The second-order valence-electron chi connectivity index (χ2n) is 5.48. The molecule has 0 saturated heterocycles. The van der Waals surface area contributed by atoms with Crippen LogP contribution in [-0.4, -0.2) is 32.6 Å². The van der Waals surface area contributed by atoms with Crippen LogP contribution in [0.2, 0.25) is 25.2 Å². The van der Waals surface area contributed by atoms with Crippen LogP contribution < -0.4 is 0 Å². The molecule has 96 valence electrons. The number of rotatable bonds is 9. The van der Waals surface area contributed by atoms with Crippen LogP contribution >= 0.6 is 0 Å². The van der Waals surface area contributed by atoms with Crippen molar-refractivity contribution in [3.05, 3.63) is 12.2 Å². The van der Waals surface area contributed by atoms with Gasteiger partial charge < -0.3 is 4.90 Å². The van der Waals surface area contributed by atoms with E-state index in [1.165, 1.54) is 44.6 Å². The average Bonchev–Trinajstić information content (AvgIpc) is 2.25. The van der Waals surface area contributed by atoms with Gasteiger partial charge in [-0.2, -0.15) is 0 Å². The molecule has 0 saturated carbocycles. The van der Waals surface area contributed by atoms with Crippen LogP contribution in [0.4, 0.5) is 0 Å². The maximum Gasteiger partial charge on any atom is 0.0511 e. The van der Waals surface area contributed by atoms with Gasteiger partial charge in [0, 0.05) is 0 Å². The Kier molecular flexibility index (Phi) is 8.95. The fourth-order valence-electron chi connectivity index (χ4n) is 2.06. The number of nitrogens with zero attached hydrogens (tertiary/aromatic N) is 1. The van der Waals surface area contributed by atoms with Crippen molar-refractivity contribution in [2.24, 2.45) is 0 Å². The summed E-state index contributed by atoms with van der Waals surface area (Å²) in [5.41, 5.74) is 0. The molecule has 0 amide bonds. The molecule has 0 aliphatic rings. The summed E-state index contributed by atoms with van der Waals surface area (Å²) in [6.07, 6.45) is 7.23. The topological polar surface area (TPSA) is 3.24 Å². The summed E-state index contributed by atoms with van der Waals surface area (Å²) in [7, 11) is -0.940. The SMILES string of the molecule is C/C=C/C[Si](C)(C)CCCN(CC)CCC. The molecule has 0 aromatic rings. The van der Waals surface area contributed by atoms with Gasteiger partial charge in [0.15, 0.2) is 0 Å². The first-order chi connectivity index (χ1) is 7.55. The highest BCUT2D eigenvalue weighted by Gasteiger charge is 2.18. The summed E-state index contributed by atoms with van der Waals surface area (Å²) >= 11 is 0. The van der Waals surface area contributed by atoms with Crippen LogP contribution in [0.25, 0.3) is 0 Å². The molecule has 0 rings (SSSR count). The van der Waals surface area contributed by atoms with Gasteiger partial charge in [0.25, 0.3) is 0 Å². The molecule has 0 fully saturated rings. The third-order valence-corrected chi connectivity index (χ3v) is 6.27. The molecule has 0 radical (unpaired) electrons. The normalized spacial score (nSPS) is 12.9. The maximum atomic E-state index is 2.58. The van der Waals surface area contributed by atoms with E-state index in [4.69, 9.17) is 0 Å². The quantitative estimate of drug-likeness (QED) is 0.427. The van der Waals surface area contributed by atoms with Crippen LogP contribution in [0.1, 0.15) is 33.6 Å². The van der Waals surface area contributed by atoms with Crippen LogP contribution in [0, 0.1) is 0 Å². The van der Waals surface area contributed by atoms with Crippen molar-refractivity contribution in [1.82, 2.24) is 4.90 Å². The Hall–Kier alpha value is -0.0831. The van der Waals surface area contributed by atoms with Gasteiger partial charge in [-0.1, -0.05) is 45.1 Å². The Morgan fingerprint density at radius 3 is 2.31 bits per heavy atom. The molecule has 16 heavy (non-hydrogen) atoms. The second kappa shape index (κ2) is 9.00. The molecule has 0 aromatic carbocycles. The van der Waals surface area contributed by atoms with Crippen molar-refractivity contribution < 1.29 is 0 Å². The molecule has 1 nitrogen and oxygen atoms in total. The van der Waals surface area contributed by atoms with E-state index in [2.05, 4.69) is 50.9 Å². The number of allylic oxidation sites excluding steroid dienone is 2. The van der Waals surface area contributed by atoms with Crippen molar-refractivity contribution in [2.75, 3.05) is 19.6 Å². The first-order valence-corrected chi connectivity index (χ1v) is 10.3. The van der Waals surface area contributed by atoms with Crippen LogP contribution in [-0.2, 0) is 0 Å². The highest BCUT2D eigenvalue weighted by atomic mass is 28.3. The third kappa shape index (κ3) is 8.11. The van der Waals surface area contributed by atoms with Crippen LogP contribution in [0.3, 0.4) is 0 Å². The van der Waals surface area contributed by atoms with Crippen molar-refractivity contribution in [1.29, 1.82) is 0 Å². The highest BCUT2D eigenvalue weighted by molar-refractivity contribution is 6.77. The zero-order chi connectivity index (χ0) is 12.4. The minimum atomic E-state index is -0.940. The van der Waals surface area contributed by atoms with E-state index in [1.807, 2.05) is 0 Å². The smallest absolute Gasteiger partial charge is 0.0511 e. The van der Waals surface area contributed by atoms with E-state index in [-0.39, 0.29) is 0 Å². The van der Waals surface area contributed by atoms with E-state index < -0.39 is 8.07 Å². The summed E-state index contributed by atoms with van der Waals surface area (Å²) in [5, 5.41) is 0. The first-order valence-electron chi connectivity index (χ1n) is 6.89. The third-order valence-electron chi connectivity index (χ3n) is 3.22. The fraction of sp³-hybridized carbons (Fsp3) is 0.857. The predicted octanol–water partition coefficient (Wildman–Crippen LogP) is 4.39. The van der Waals surface area contributed by atoms with E-state index in [1.54, 1.807) is 0 Å².